The number of hydrogen-bond acceptors (Lipinski definition) is 4. The molecule has 0 aliphatic carbocycles. The van der Waals surface area contributed by atoms with Gasteiger partial charge < -0.3 is 9.47 Å². The number of carbonyl (C=O) groups is 2. The minimum absolute atomic E-state index is 0.0931. The van der Waals surface area contributed by atoms with Crippen molar-refractivity contribution in [1.82, 2.24) is 0 Å². The fraction of sp³-hybridized carbons (Fsp3) is 0.467. The average molecular weight is 264 g/mol. The Bertz CT molecular complexity index is 451. The Hall–Kier alpha value is -1.84. The quantitative estimate of drug-likeness (QED) is 0.741. The van der Waals surface area contributed by atoms with Crippen LogP contribution in [-0.2, 0) is 20.7 Å². The largest absolute Gasteiger partial charge is 0.465 e. The fourth-order valence-electron chi connectivity index (χ4n) is 1.79. The first-order valence-corrected chi connectivity index (χ1v) is 6.51. The zero-order chi connectivity index (χ0) is 14.3. The van der Waals surface area contributed by atoms with Crippen LogP contribution in [0.4, 0.5) is 0 Å². The van der Waals surface area contributed by atoms with Crippen molar-refractivity contribution >= 4 is 11.9 Å². The molecule has 0 heterocycles. The van der Waals surface area contributed by atoms with Crippen molar-refractivity contribution in [3.63, 3.8) is 0 Å². The Morgan fingerprint density at radius 2 is 1.89 bits per heavy atom. The van der Waals surface area contributed by atoms with Gasteiger partial charge in [-0.25, -0.2) is 4.79 Å². The predicted molar refractivity (Wildman–Crippen MR) is 72.1 cm³/mol. The molecule has 19 heavy (non-hydrogen) atoms. The van der Waals surface area contributed by atoms with Crippen molar-refractivity contribution in [2.45, 2.75) is 33.6 Å². The van der Waals surface area contributed by atoms with E-state index >= 15 is 0 Å². The van der Waals surface area contributed by atoms with Gasteiger partial charge in [0, 0.05) is 0 Å². The van der Waals surface area contributed by atoms with E-state index in [2.05, 4.69) is 0 Å². The lowest BCUT2D eigenvalue weighted by Gasteiger charge is -2.11. The standard InChI is InChI=1S/C15H20O4/c1-4-9-19-13(16)10-12-8-6-7-11(3)14(12)15(17)18-5-2/h6-8H,4-5,9-10H2,1-3H3. The van der Waals surface area contributed by atoms with Gasteiger partial charge in [0.1, 0.15) is 0 Å². The van der Waals surface area contributed by atoms with Crippen LogP contribution in [0, 0.1) is 6.92 Å². The van der Waals surface area contributed by atoms with Crippen LogP contribution in [0.15, 0.2) is 18.2 Å². The fourth-order valence-corrected chi connectivity index (χ4v) is 1.79. The predicted octanol–water partition coefficient (Wildman–Crippen LogP) is 2.67. The molecule has 1 rings (SSSR count). The lowest BCUT2D eigenvalue weighted by molar-refractivity contribution is -0.142. The third-order valence-electron chi connectivity index (χ3n) is 2.64. The molecular weight excluding hydrogens is 244 g/mol. The second-order valence-corrected chi connectivity index (χ2v) is 4.23. The van der Waals surface area contributed by atoms with Gasteiger partial charge in [-0.1, -0.05) is 25.1 Å². The second kappa shape index (κ2) is 7.56. The molecule has 0 saturated carbocycles. The Morgan fingerprint density at radius 1 is 1.16 bits per heavy atom. The minimum atomic E-state index is -0.390. The van der Waals surface area contributed by atoms with E-state index in [0.29, 0.717) is 24.3 Å². The van der Waals surface area contributed by atoms with E-state index < -0.39 is 0 Å². The van der Waals surface area contributed by atoms with Crippen LogP contribution in [0.25, 0.3) is 0 Å². The van der Waals surface area contributed by atoms with Gasteiger partial charge in [0.2, 0.25) is 0 Å². The highest BCUT2D eigenvalue weighted by atomic mass is 16.5. The van der Waals surface area contributed by atoms with Gasteiger partial charge in [0.15, 0.2) is 0 Å². The van der Waals surface area contributed by atoms with E-state index in [1.165, 1.54) is 0 Å². The first-order valence-electron chi connectivity index (χ1n) is 6.51. The SMILES string of the molecule is CCCOC(=O)Cc1cccc(C)c1C(=O)OCC. The molecule has 0 amide bonds. The summed E-state index contributed by atoms with van der Waals surface area (Å²) in [5.41, 5.74) is 1.93. The van der Waals surface area contributed by atoms with Crippen molar-refractivity contribution in [2.24, 2.45) is 0 Å². The molecule has 0 atom stereocenters. The lowest BCUT2D eigenvalue weighted by atomic mass is 10.00. The van der Waals surface area contributed by atoms with Crippen LogP contribution < -0.4 is 0 Å². The van der Waals surface area contributed by atoms with Gasteiger partial charge in [-0.3, -0.25) is 4.79 Å². The molecule has 104 valence electrons. The highest BCUT2D eigenvalue weighted by Gasteiger charge is 2.17. The van der Waals surface area contributed by atoms with Crippen molar-refractivity contribution in [3.8, 4) is 0 Å². The van der Waals surface area contributed by atoms with Gasteiger partial charge in [-0.15, -0.1) is 0 Å². The molecule has 0 saturated heterocycles. The van der Waals surface area contributed by atoms with E-state index in [-0.39, 0.29) is 18.4 Å². The highest BCUT2D eigenvalue weighted by molar-refractivity contribution is 5.94. The maximum Gasteiger partial charge on any atom is 0.338 e. The topological polar surface area (TPSA) is 52.6 Å². The number of aryl methyl sites for hydroxylation is 1. The first kappa shape index (κ1) is 15.2. The molecule has 0 aliphatic heterocycles. The smallest absolute Gasteiger partial charge is 0.338 e. The number of hydrogen-bond donors (Lipinski definition) is 0. The maximum absolute atomic E-state index is 11.9. The highest BCUT2D eigenvalue weighted by Crippen LogP contribution is 2.17. The summed E-state index contributed by atoms with van der Waals surface area (Å²) in [6.45, 7) is 6.23. The van der Waals surface area contributed by atoms with Crippen molar-refractivity contribution in [1.29, 1.82) is 0 Å². The number of benzene rings is 1. The molecule has 0 aromatic heterocycles. The van der Waals surface area contributed by atoms with Gasteiger partial charge in [0.25, 0.3) is 0 Å². The lowest BCUT2D eigenvalue weighted by Crippen LogP contribution is -2.15. The van der Waals surface area contributed by atoms with Crippen molar-refractivity contribution in [3.05, 3.63) is 34.9 Å². The maximum atomic E-state index is 11.9. The zero-order valence-corrected chi connectivity index (χ0v) is 11.7. The number of carbonyl (C=O) groups excluding carboxylic acids is 2. The number of ether oxygens (including phenoxy) is 2. The average Bonchev–Trinajstić information content (AvgIpc) is 2.36. The molecule has 0 aliphatic rings. The summed E-state index contributed by atoms with van der Waals surface area (Å²) < 4.78 is 10.1. The summed E-state index contributed by atoms with van der Waals surface area (Å²) in [6.07, 6.45) is 0.875. The summed E-state index contributed by atoms with van der Waals surface area (Å²) >= 11 is 0. The molecule has 0 unspecified atom stereocenters. The van der Waals surface area contributed by atoms with E-state index in [9.17, 15) is 9.59 Å². The molecule has 0 fully saturated rings. The Labute approximate surface area is 113 Å². The Morgan fingerprint density at radius 3 is 2.53 bits per heavy atom. The van der Waals surface area contributed by atoms with E-state index in [1.54, 1.807) is 13.0 Å². The summed E-state index contributed by atoms with van der Waals surface area (Å²) in [4.78, 5) is 23.5. The van der Waals surface area contributed by atoms with Gasteiger partial charge >= 0.3 is 11.9 Å². The van der Waals surface area contributed by atoms with E-state index in [1.807, 2.05) is 26.0 Å². The van der Waals surface area contributed by atoms with Crippen LogP contribution >= 0.6 is 0 Å². The summed E-state index contributed by atoms with van der Waals surface area (Å²) in [5.74, 6) is -0.711. The molecule has 4 nitrogen and oxygen atoms in total. The monoisotopic (exact) mass is 264 g/mol. The first-order chi connectivity index (χ1) is 9.10. The van der Waals surface area contributed by atoms with Crippen LogP contribution in [0.3, 0.4) is 0 Å². The molecule has 0 spiro atoms. The van der Waals surface area contributed by atoms with Crippen LogP contribution in [0.1, 0.15) is 41.8 Å². The Balaban J connectivity index is 2.91. The summed E-state index contributed by atoms with van der Waals surface area (Å²) in [7, 11) is 0. The molecule has 4 heteroatoms. The van der Waals surface area contributed by atoms with Gasteiger partial charge in [0.05, 0.1) is 25.2 Å². The number of rotatable bonds is 6. The van der Waals surface area contributed by atoms with Crippen LogP contribution in [0.2, 0.25) is 0 Å². The Kier molecular flexibility index (Phi) is 6.06. The van der Waals surface area contributed by atoms with Crippen LogP contribution in [-0.4, -0.2) is 25.2 Å². The summed E-state index contributed by atoms with van der Waals surface area (Å²) in [5, 5.41) is 0. The van der Waals surface area contributed by atoms with Crippen LogP contribution in [0.5, 0.6) is 0 Å². The normalized spacial score (nSPS) is 10.1. The van der Waals surface area contributed by atoms with E-state index in [0.717, 1.165) is 12.0 Å². The minimum Gasteiger partial charge on any atom is -0.465 e. The number of esters is 2. The van der Waals surface area contributed by atoms with E-state index in [4.69, 9.17) is 9.47 Å². The third kappa shape index (κ3) is 4.39. The third-order valence-corrected chi connectivity index (χ3v) is 2.64. The van der Waals surface area contributed by atoms with Crippen molar-refractivity contribution < 1.29 is 19.1 Å². The molecule has 1 aromatic carbocycles. The molecule has 0 bridgehead atoms. The second-order valence-electron chi connectivity index (χ2n) is 4.23. The summed E-state index contributed by atoms with van der Waals surface area (Å²) in [6, 6.07) is 5.40. The van der Waals surface area contributed by atoms with Gasteiger partial charge in [-0.2, -0.15) is 0 Å². The molecule has 0 N–H and O–H groups in total. The zero-order valence-electron chi connectivity index (χ0n) is 11.7. The molecule has 0 radical (unpaired) electrons. The van der Waals surface area contributed by atoms with Crippen molar-refractivity contribution in [2.75, 3.05) is 13.2 Å². The molecular formula is C15H20O4. The van der Waals surface area contributed by atoms with Gasteiger partial charge in [-0.05, 0) is 31.4 Å². The molecule has 1 aromatic rings.